The number of nitrogens with one attached hydrogen (secondary N) is 1. The van der Waals surface area contributed by atoms with Crippen molar-refractivity contribution in [3.8, 4) is 0 Å². The van der Waals surface area contributed by atoms with Crippen molar-refractivity contribution in [1.29, 1.82) is 0 Å². The molecule has 24 heavy (non-hydrogen) atoms. The van der Waals surface area contributed by atoms with E-state index in [-0.39, 0.29) is 70.1 Å². The van der Waals surface area contributed by atoms with Gasteiger partial charge in [-0.15, -0.1) is 0 Å². The number of carbonyl (C=O) groups excluding carboxylic acids is 1. The minimum Gasteiger partial charge on any atom is -0.550 e. The van der Waals surface area contributed by atoms with E-state index in [0.717, 1.165) is 12.8 Å². The summed E-state index contributed by atoms with van der Waals surface area (Å²) in [5.41, 5.74) is 0. The maximum Gasteiger partial charge on any atom is 1.00 e. The van der Waals surface area contributed by atoms with Crippen LogP contribution < -0.4 is 61.2 Å². The van der Waals surface area contributed by atoms with Crippen LogP contribution in [0.5, 0.6) is 0 Å². The van der Waals surface area contributed by atoms with Gasteiger partial charge in [-0.05, 0) is 6.42 Å². The van der Waals surface area contributed by atoms with E-state index in [9.17, 15) is 18.3 Å². The Kier molecular flexibility index (Phi) is 21.3. The Morgan fingerprint density at radius 3 is 1.67 bits per heavy atom. The maximum atomic E-state index is 11.6. The van der Waals surface area contributed by atoms with Crippen molar-refractivity contribution in [2.24, 2.45) is 0 Å². The summed E-state index contributed by atoms with van der Waals surface area (Å²) in [5.74, 6) is -1.16. The van der Waals surface area contributed by atoms with E-state index in [4.69, 9.17) is 0 Å². The number of carboxylic acids is 1. The van der Waals surface area contributed by atoms with E-state index in [0.29, 0.717) is 6.42 Å². The van der Waals surface area contributed by atoms with E-state index in [1.807, 2.05) is 0 Å². The predicted octanol–water partition coefficient (Wildman–Crippen LogP) is -0.249. The maximum absolute atomic E-state index is 11.6. The molecule has 0 saturated carbocycles. The van der Waals surface area contributed by atoms with Crippen LogP contribution in [0.3, 0.4) is 0 Å². The Morgan fingerprint density at radius 2 is 1.25 bits per heavy atom. The number of hydrogen-bond donors (Lipinski definition) is 1. The number of carboxylic acid groups (broad SMARTS) is 1. The number of hydrogen-bond acceptors (Lipinski definition) is 4. The first-order valence-corrected chi connectivity index (χ1v) is 10.8. The van der Waals surface area contributed by atoms with E-state index < -0.39 is 16.0 Å². The van der Waals surface area contributed by atoms with Crippen molar-refractivity contribution < 1.29 is 69.7 Å². The molecule has 1 N–H and O–H groups in total. The zero-order valence-electron chi connectivity index (χ0n) is 15.6. The van der Waals surface area contributed by atoms with Crippen LogP contribution in [0.25, 0.3) is 0 Å². The van der Waals surface area contributed by atoms with Crippen LogP contribution in [-0.2, 0) is 14.8 Å². The van der Waals surface area contributed by atoms with Gasteiger partial charge in [0.15, 0.2) is 0 Å². The summed E-state index contributed by atoms with van der Waals surface area (Å²) >= 11 is 0. The molecule has 0 spiro atoms. The van der Waals surface area contributed by atoms with Gasteiger partial charge in [0.05, 0.1) is 5.75 Å². The number of unbranched alkanes of at least 4 members (excludes halogenated alkanes) is 11. The molecule has 0 amide bonds. The fourth-order valence-corrected chi connectivity index (χ4v) is 3.66. The van der Waals surface area contributed by atoms with Gasteiger partial charge in [-0.2, -0.15) is 0 Å². The third-order valence-corrected chi connectivity index (χ3v) is 5.39. The summed E-state index contributed by atoms with van der Waals surface area (Å²) in [5, 5.41) is 10.2. The molecular formula is C17H34KNO4S. The molecule has 0 aliphatic heterocycles. The smallest absolute Gasteiger partial charge is 0.550 e. The summed E-state index contributed by atoms with van der Waals surface area (Å²) < 4.78 is 25.4. The van der Waals surface area contributed by atoms with Crippen LogP contribution in [0.15, 0.2) is 0 Å². The molecule has 0 saturated heterocycles. The minimum absolute atomic E-state index is 0. The molecule has 0 fully saturated rings. The van der Waals surface area contributed by atoms with Crippen LogP contribution in [0.2, 0.25) is 0 Å². The molecule has 0 aromatic carbocycles. The van der Waals surface area contributed by atoms with Gasteiger partial charge < -0.3 is 9.90 Å². The van der Waals surface area contributed by atoms with Gasteiger partial charge in [0, 0.05) is 18.9 Å². The normalized spacial score (nSPS) is 11.2. The van der Waals surface area contributed by atoms with E-state index in [2.05, 4.69) is 11.6 Å². The summed E-state index contributed by atoms with van der Waals surface area (Å²) in [7, 11) is -3.33. The van der Waals surface area contributed by atoms with Gasteiger partial charge in [-0.3, -0.25) is 0 Å². The third kappa shape index (κ3) is 21.1. The zero-order chi connectivity index (χ0) is 17.4. The van der Waals surface area contributed by atoms with E-state index in [1.54, 1.807) is 0 Å². The molecule has 0 aromatic heterocycles. The van der Waals surface area contributed by atoms with Crippen LogP contribution in [0, 0.1) is 0 Å². The van der Waals surface area contributed by atoms with E-state index in [1.165, 1.54) is 57.8 Å². The molecule has 138 valence electrons. The van der Waals surface area contributed by atoms with Crippen LogP contribution in [0.1, 0.15) is 90.4 Å². The van der Waals surface area contributed by atoms with Crippen molar-refractivity contribution in [1.82, 2.24) is 4.72 Å². The van der Waals surface area contributed by atoms with Crippen LogP contribution >= 0.6 is 0 Å². The monoisotopic (exact) mass is 387 g/mol. The Hall–Kier alpha value is 1.02. The molecule has 0 atom stereocenters. The molecule has 0 radical (unpaired) electrons. The molecule has 0 heterocycles. The topological polar surface area (TPSA) is 86.3 Å². The summed E-state index contributed by atoms with van der Waals surface area (Å²) in [6.07, 6.45) is 14.1. The average Bonchev–Trinajstić information content (AvgIpc) is 2.47. The molecular weight excluding hydrogens is 353 g/mol. The molecule has 0 aliphatic carbocycles. The van der Waals surface area contributed by atoms with Gasteiger partial charge in [0.1, 0.15) is 0 Å². The zero-order valence-corrected chi connectivity index (χ0v) is 19.6. The predicted molar refractivity (Wildman–Crippen MR) is 92.5 cm³/mol. The van der Waals surface area contributed by atoms with Crippen molar-refractivity contribution in [3.63, 3.8) is 0 Å². The second-order valence-electron chi connectivity index (χ2n) is 6.22. The fraction of sp³-hybridized carbons (Fsp3) is 0.941. The molecule has 0 aromatic rings. The van der Waals surface area contributed by atoms with Gasteiger partial charge in [0.2, 0.25) is 10.0 Å². The van der Waals surface area contributed by atoms with Gasteiger partial charge in [-0.25, -0.2) is 13.1 Å². The second-order valence-corrected chi connectivity index (χ2v) is 8.15. The van der Waals surface area contributed by atoms with Crippen LogP contribution in [-0.4, -0.2) is 26.7 Å². The summed E-state index contributed by atoms with van der Waals surface area (Å²) in [6.45, 7) is 2.15. The molecule has 0 aliphatic rings. The first kappa shape index (κ1) is 27.2. The third-order valence-electron chi connectivity index (χ3n) is 3.92. The molecule has 7 heteroatoms. The van der Waals surface area contributed by atoms with Crippen molar-refractivity contribution in [2.75, 3.05) is 12.3 Å². The SMILES string of the molecule is CCCCCCCCCCCCCCS(=O)(=O)NCCC(=O)[O-].[K+]. The quantitative estimate of drug-likeness (QED) is 0.275. The fourth-order valence-electron chi connectivity index (χ4n) is 2.51. The Morgan fingerprint density at radius 1 is 0.833 bits per heavy atom. The van der Waals surface area contributed by atoms with E-state index >= 15 is 0 Å². The Balaban J connectivity index is 0. The summed E-state index contributed by atoms with van der Waals surface area (Å²) in [4.78, 5) is 10.2. The molecule has 0 rings (SSSR count). The molecule has 5 nitrogen and oxygen atoms in total. The minimum atomic E-state index is -3.33. The van der Waals surface area contributed by atoms with Crippen molar-refractivity contribution in [3.05, 3.63) is 0 Å². The van der Waals surface area contributed by atoms with Gasteiger partial charge in [0.25, 0.3) is 0 Å². The number of aliphatic carboxylic acids is 1. The van der Waals surface area contributed by atoms with Crippen molar-refractivity contribution in [2.45, 2.75) is 90.4 Å². The van der Waals surface area contributed by atoms with Crippen LogP contribution in [0.4, 0.5) is 0 Å². The first-order chi connectivity index (χ1) is 11.0. The second kappa shape index (κ2) is 18.8. The average molecular weight is 388 g/mol. The summed E-state index contributed by atoms with van der Waals surface area (Å²) in [6, 6.07) is 0. The Bertz CT molecular complexity index is 388. The standard InChI is InChI=1S/C17H35NO4S.K/c1-2-3-4-5-6-7-8-9-10-11-12-13-16-23(21,22)18-15-14-17(19)20;/h18H,2-16H2,1H3,(H,19,20);/q;+1/p-1. The Labute approximate surface area is 191 Å². The number of rotatable bonds is 17. The number of carbonyl (C=O) groups is 1. The van der Waals surface area contributed by atoms with Crippen molar-refractivity contribution >= 4 is 16.0 Å². The van der Waals surface area contributed by atoms with Gasteiger partial charge >= 0.3 is 51.4 Å². The molecule has 0 unspecified atom stereocenters. The largest absolute Gasteiger partial charge is 1.00 e. The van der Waals surface area contributed by atoms with Gasteiger partial charge in [-0.1, -0.05) is 77.6 Å². The number of sulfonamides is 1. The molecule has 0 bridgehead atoms. The first-order valence-electron chi connectivity index (χ1n) is 9.15.